The van der Waals surface area contributed by atoms with Crippen molar-refractivity contribution in [3.05, 3.63) is 74.6 Å². The summed E-state index contributed by atoms with van der Waals surface area (Å²) in [6.07, 6.45) is 6.33. The highest BCUT2D eigenvalue weighted by Crippen LogP contribution is 2.32. The van der Waals surface area contributed by atoms with Crippen LogP contribution in [0.5, 0.6) is 0 Å². The third-order valence-electron chi connectivity index (χ3n) is 7.69. The first kappa shape index (κ1) is 33.0. The summed E-state index contributed by atoms with van der Waals surface area (Å²) >= 11 is 0. The minimum atomic E-state index is -0.799. The number of rotatable bonds is 7. The first-order valence-electron chi connectivity index (χ1n) is 13.3. The SMILES string of the molecule is CNC1(C(N)=O)CCCCC1.CNC1(C(N)=O)CCN(c2ccccc2[N+](=O)[O-])CC1.O=[N+]([O-])c1ccccc1F. The van der Waals surface area contributed by atoms with Crippen molar-refractivity contribution in [1.29, 1.82) is 0 Å². The largest absolute Gasteiger partial charge is 0.368 e. The number of hydrogen-bond acceptors (Lipinski definition) is 9. The van der Waals surface area contributed by atoms with E-state index in [-0.39, 0.29) is 22.4 Å². The Morgan fingerprint density at radius 3 is 1.61 bits per heavy atom. The van der Waals surface area contributed by atoms with Crippen LogP contribution in [0.1, 0.15) is 44.9 Å². The second-order valence-corrected chi connectivity index (χ2v) is 9.89. The number of carbonyl (C=O) groups is 2. The first-order chi connectivity index (χ1) is 19.4. The van der Waals surface area contributed by atoms with Crippen molar-refractivity contribution in [2.75, 3.05) is 32.1 Å². The minimum absolute atomic E-state index is 0.0866. The van der Waals surface area contributed by atoms with Crippen LogP contribution in [0.3, 0.4) is 0 Å². The van der Waals surface area contributed by atoms with Crippen molar-refractivity contribution in [3.8, 4) is 0 Å². The molecule has 2 fully saturated rings. The van der Waals surface area contributed by atoms with Gasteiger partial charge in [0.2, 0.25) is 17.6 Å². The molecule has 0 aromatic heterocycles. The van der Waals surface area contributed by atoms with Crippen LogP contribution in [0.4, 0.5) is 21.5 Å². The summed E-state index contributed by atoms with van der Waals surface area (Å²) in [6.45, 7) is 1.10. The third kappa shape index (κ3) is 8.41. The Hall–Kier alpha value is -4.17. The molecule has 2 aliphatic rings. The summed E-state index contributed by atoms with van der Waals surface area (Å²) in [4.78, 5) is 44.4. The molecule has 0 unspecified atom stereocenters. The number of likely N-dealkylation sites (N-methyl/N-ethyl adjacent to an activating group) is 2. The van der Waals surface area contributed by atoms with Crippen LogP contribution in [0.2, 0.25) is 0 Å². The predicted molar refractivity (Wildman–Crippen MR) is 153 cm³/mol. The standard InChI is InChI=1S/C13H18N4O3.C8H16N2O.C6H4FNO2/c1-15-13(12(14)18)6-8-16(9-7-13)10-4-2-3-5-11(10)17(19)20;1-10-8(7(9)11)5-3-2-4-6-8;7-5-3-1-2-4-6(5)8(9)10/h2-5,15H,6-9H2,1H3,(H2,14,18);10H,2-6H2,1H3,(H2,9,11);1-4H. The molecule has 1 aliphatic carbocycles. The number of nitrogens with two attached hydrogens (primary N) is 2. The number of nitro benzene ring substituents is 2. The van der Waals surface area contributed by atoms with E-state index in [0.717, 1.165) is 37.8 Å². The Bertz CT molecular complexity index is 1210. The van der Waals surface area contributed by atoms with Gasteiger partial charge in [-0.2, -0.15) is 4.39 Å². The molecule has 2 aromatic rings. The average Bonchev–Trinajstić information content (AvgIpc) is 2.98. The zero-order chi connectivity index (χ0) is 30.6. The molecule has 13 nitrogen and oxygen atoms in total. The van der Waals surface area contributed by atoms with Crippen LogP contribution in [-0.4, -0.2) is 59.9 Å². The highest BCUT2D eigenvalue weighted by atomic mass is 19.1. The Morgan fingerprint density at radius 1 is 0.780 bits per heavy atom. The second-order valence-electron chi connectivity index (χ2n) is 9.89. The Balaban J connectivity index is 0.000000236. The fraction of sp³-hybridized carbons (Fsp3) is 0.481. The van der Waals surface area contributed by atoms with Gasteiger partial charge in [0, 0.05) is 25.2 Å². The van der Waals surface area contributed by atoms with Crippen molar-refractivity contribution in [1.82, 2.24) is 10.6 Å². The van der Waals surface area contributed by atoms with Crippen LogP contribution in [-0.2, 0) is 9.59 Å². The van der Waals surface area contributed by atoms with Gasteiger partial charge >= 0.3 is 5.69 Å². The quantitative estimate of drug-likeness (QED) is 0.283. The molecule has 4 rings (SSSR count). The maximum Gasteiger partial charge on any atom is 0.304 e. The van der Waals surface area contributed by atoms with E-state index in [1.54, 1.807) is 25.2 Å². The minimum Gasteiger partial charge on any atom is -0.368 e. The fourth-order valence-electron chi connectivity index (χ4n) is 5.01. The highest BCUT2D eigenvalue weighted by Gasteiger charge is 2.39. The number of amides is 2. The lowest BCUT2D eigenvalue weighted by Gasteiger charge is -2.40. The Kier molecular flexibility index (Phi) is 12.1. The summed E-state index contributed by atoms with van der Waals surface area (Å²) < 4.78 is 12.4. The lowest BCUT2D eigenvalue weighted by molar-refractivity contribution is -0.387. The van der Waals surface area contributed by atoms with Gasteiger partial charge < -0.3 is 27.0 Å². The van der Waals surface area contributed by atoms with Crippen LogP contribution >= 0.6 is 0 Å². The molecule has 1 saturated heterocycles. The van der Waals surface area contributed by atoms with E-state index >= 15 is 0 Å². The van der Waals surface area contributed by atoms with Gasteiger partial charge in [-0.3, -0.25) is 29.8 Å². The molecule has 224 valence electrons. The summed E-state index contributed by atoms with van der Waals surface area (Å²) in [6, 6.07) is 11.6. The first-order valence-corrected chi connectivity index (χ1v) is 13.3. The Labute approximate surface area is 237 Å². The molecule has 0 bridgehead atoms. The molecular weight excluding hydrogens is 537 g/mol. The summed E-state index contributed by atoms with van der Waals surface area (Å²) in [7, 11) is 3.53. The molecular formula is C27H38FN7O6. The smallest absolute Gasteiger partial charge is 0.304 e. The van der Waals surface area contributed by atoms with Gasteiger partial charge in [-0.05, 0) is 51.9 Å². The fourth-order valence-corrected chi connectivity index (χ4v) is 5.01. The van der Waals surface area contributed by atoms with E-state index in [2.05, 4.69) is 10.6 Å². The molecule has 1 aliphatic heterocycles. The van der Waals surface area contributed by atoms with Crippen LogP contribution < -0.4 is 27.0 Å². The van der Waals surface area contributed by atoms with Gasteiger partial charge in [0.15, 0.2) is 0 Å². The molecule has 6 N–H and O–H groups in total. The van der Waals surface area contributed by atoms with Gasteiger partial charge in [0.25, 0.3) is 5.69 Å². The number of nitrogens with one attached hydrogen (secondary N) is 2. The molecule has 41 heavy (non-hydrogen) atoms. The lowest BCUT2D eigenvalue weighted by Crippen LogP contribution is -2.59. The second kappa shape index (κ2) is 15.0. The van der Waals surface area contributed by atoms with Crippen LogP contribution in [0, 0.1) is 26.0 Å². The van der Waals surface area contributed by atoms with Crippen molar-refractivity contribution in [2.45, 2.75) is 56.0 Å². The number of carbonyl (C=O) groups excluding carboxylic acids is 2. The van der Waals surface area contributed by atoms with Crippen molar-refractivity contribution in [2.24, 2.45) is 11.5 Å². The van der Waals surface area contributed by atoms with Gasteiger partial charge in [0.05, 0.1) is 15.4 Å². The van der Waals surface area contributed by atoms with Crippen molar-refractivity contribution < 1.29 is 23.8 Å². The number of benzene rings is 2. The molecule has 0 atom stereocenters. The molecule has 14 heteroatoms. The summed E-state index contributed by atoms with van der Waals surface area (Å²) in [5.41, 5.74) is 9.85. The van der Waals surface area contributed by atoms with E-state index < -0.39 is 27.5 Å². The number of nitro groups is 2. The van der Waals surface area contributed by atoms with Crippen LogP contribution in [0.15, 0.2) is 48.5 Å². The van der Waals surface area contributed by atoms with E-state index in [9.17, 15) is 34.2 Å². The van der Waals surface area contributed by atoms with Gasteiger partial charge in [-0.1, -0.05) is 43.5 Å². The highest BCUT2D eigenvalue weighted by molar-refractivity contribution is 5.85. The van der Waals surface area contributed by atoms with Gasteiger partial charge in [0.1, 0.15) is 11.2 Å². The summed E-state index contributed by atoms with van der Waals surface area (Å²) in [5.74, 6) is -1.37. The number of piperidine rings is 1. The number of para-hydroxylation sites is 3. The Morgan fingerprint density at radius 2 is 1.22 bits per heavy atom. The average molecular weight is 576 g/mol. The predicted octanol–water partition coefficient (Wildman–Crippen LogP) is 2.77. The topological polar surface area (TPSA) is 200 Å². The van der Waals surface area contributed by atoms with E-state index in [0.29, 0.717) is 31.6 Å². The number of hydrogen-bond donors (Lipinski definition) is 4. The van der Waals surface area contributed by atoms with E-state index in [4.69, 9.17) is 11.5 Å². The molecule has 1 heterocycles. The zero-order valence-electron chi connectivity index (χ0n) is 23.3. The third-order valence-corrected chi connectivity index (χ3v) is 7.69. The number of primary amides is 2. The number of nitrogens with zero attached hydrogens (tertiary/aromatic N) is 3. The maximum atomic E-state index is 12.4. The number of anilines is 1. The molecule has 2 amide bonds. The molecule has 2 aromatic carbocycles. The maximum absolute atomic E-state index is 12.4. The molecule has 0 spiro atoms. The lowest BCUT2D eigenvalue weighted by atomic mass is 9.81. The van der Waals surface area contributed by atoms with Crippen molar-refractivity contribution >= 4 is 28.9 Å². The van der Waals surface area contributed by atoms with Crippen LogP contribution in [0.25, 0.3) is 0 Å². The van der Waals surface area contributed by atoms with Gasteiger partial charge in [-0.25, -0.2) is 0 Å². The zero-order valence-corrected chi connectivity index (χ0v) is 23.3. The normalized spacial score (nSPS) is 17.1. The van der Waals surface area contributed by atoms with Gasteiger partial charge in [-0.15, -0.1) is 0 Å². The molecule has 0 radical (unpaired) electrons. The van der Waals surface area contributed by atoms with Crippen molar-refractivity contribution in [3.63, 3.8) is 0 Å². The van der Waals surface area contributed by atoms with E-state index in [1.807, 2.05) is 11.9 Å². The van der Waals surface area contributed by atoms with E-state index in [1.165, 1.54) is 24.6 Å². The molecule has 1 saturated carbocycles. The summed E-state index contributed by atoms with van der Waals surface area (Å²) in [5, 5.41) is 27.1. The number of halogens is 1. The monoisotopic (exact) mass is 575 g/mol.